The quantitative estimate of drug-likeness (QED) is 0.778. The van der Waals surface area contributed by atoms with Crippen molar-refractivity contribution in [3.05, 3.63) is 22.7 Å². The van der Waals surface area contributed by atoms with Gasteiger partial charge in [0.1, 0.15) is 16.7 Å². The van der Waals surface area contributed by atoms with Gasteiger partial charge < -0.3 is 0 Å². The number of aromatic nitrogens is 2. The molecule has 16 heavy (non-hydrogen) atoms. The van der Waals surface area contributed by atoms with Gasteiger partial charge in [-0.3, -0.25) is 0 Å². The van der Waals surface area contributed by atoms with Crippen LogP contribution in [0, 0.1) is 5.92 Å². The highest BCUT2D eigenvalue weighted by molar-refractivity contribution is 7.89. The molecular weight excluding hydrogens is 248 g/mol. The first kappa shape index (κ1) is 13.4. The summed E-state index contributed by atoms with van der Waals surface area (Å²) >= 11 is 5.82. The van der Waals surface area contributed by atoms with Gasteiger partial charge in [0.15, 0.2) is 9.84 Å². The van der Waals surface area contributed by atoms with Crippen LogP contribution in [0.5, 0.6) is 0 Å². The van der Waals surface area contributed by atoms with E-state index in [1.165, 1.54) is 0 Å². The molecule has 0 aliphatic rings. The Morgan fingerprint density at radius 1 is 1.38 bits per heavy atom. The molecule has 0 saturated carbocycles. The van der Waals surface area contributed by atoms with Crippen LogP contribution in [0.1, 0.15) is 25.4 Å². The van der Waals surface area contributed by atoms with E-state index in [4.69, 9.17) is 11.6 Å². The van der Waals surface area contributed by atoms with E-state index in [1.807, 2.05) is 0 Å². The fraction of sp³-hybridized carbons (Fsp3) is 0.600. The molecule has 0 aliphatic heterocycles. The van der Waals surface area contributed by atoms with E-state index in [2.05, 4.69) is 23.8 Å². The predicted octanol–water partition coefficient (Wildman–Crippen LogP) is 1.87. The summed E-state index contributed by atoms with van der Waals surface area (Å²) in [5.41, 5.74) is 0.786. The van der Waals surface area contributed by atoms with Gasteiger partial charge in [-0.05, 0) is 18.4 Å². The molecule has 1 rings (SSSR count). The van der Waals surface area contributed by atoms with Crippen LogP contribution in [0.2, 0.25) is 5.15 Å². The van der Waals surface area contributed by atoms with Gasteiger partial charge in [-0.2, -0.15) is 0 Å². The minimum atomic E-state index is -3.12. The molecular formula is C10H15ClN2O2S. The third kappa shape index (κ3) is 4.90. The zero-order valence-electron chi connectivity index (χ0n) is 9.57. The maximum Gasteiger partial charge on any atom is 0.154 e. The number of halogens is 1. The SMILES string of the molecule is CC(C)Cc1cc(Cl)nc(CS(C)(=O)=O)n1. The molecule has 0 unspecified atom stereocenters. The van der Waals surface area contributed by atoms with E-state index in [0.717, 1.165) is 18.4 Å². The van der Waals surface area contributed by atoms with Crippen LogP contribution < -0.4 is 0 Å². The minimum Gasteiger partial charge on any atom is -0.237 e. The number of hydrogen-bond donors (Lipinski definition) is 0. The summed E-state index contributed by atoms with van der Waals surface area (Å²) in [6.07, 6.45) is 1.92. The van der Waals surface area contributed by atoms with E-state index in [9.17, 15) is 8.42 Å². The third-order valence-electron chi connectivity index (χ3n) is 1.80. The lowest BCUT2D eigenvalue weighted by atomic mass is 10.1. The summed E-state index contributed by atoms with van der Waals surface area (Å²) in [4.78, 5) is 8.09. The fourth-order valence-corrected chi connectivity index (χ4v) is 2.16. The Kier molecular flexibility index (Phi) is 4.27. The molecule has 0 spiro atoms. The Morgan fingerprint density at radius 2 is 2.00 bits per heavy atom. The zero-order chi connectivity index (χ0) is 12.3. The summed E-state index contributed by atoms with van der Waals surface area (Å²) in [7, 11) is -3.12. The predicted molar refractivity (Wildman–Crippen MR) is 64.1 cm³/mol. The van der Waals surface area contributed by atoms with E-state index < -0.39 is 9.84 Å². The van der Waals surface area contributed by atoms with E-state index in [0.29, 0.717) is 11.1 Å². The summed E-state index contributed by atoms with van der Waals surface area (Å²) in [6.45, 7) is 4.12. The van der Waals surface area contributed by atoms with Crippen LogP contribution in [-0.2, 0) is 22.0 Å². The molecule has 0 fully saturated rings. The molecule has 0 amide bonds. The lowest BCUT2D eigenvalue weighted by molar-refractivity contribution is 0.598. The Bertz CT molecular complexity index is 472. The van der Waals surface area contributed by atoms with Crippen molar-refractivity contribution in [2.24, 2.45) is 5.92 Å². The van der Waals surface area contributed by atoms with Crippen LogP contribution >= 0.6 is 11.6 Å². The van der Waals surface area contributed by atoms with Gasteiger partial charge in [0.25, 0.3) is 0 Å². The van der Waals surface area contributed by atoms with Gasteiger partial charge in [-0.1, -0.05) is 25.4 Å². The first-order valence-corrected chi connectivity index (χ1v) is 7.40. The Balaban J connectivity index is 2.98. The second-order valence-electron chi connectivity index (χ2n) is 4.27. The average molecular weight is 263 g/mol. The van der Waals surface area contributed by atoms with Crippen LogP contribution in [-0.4, -0.2) is 24.6 Å². The maximum atomic E-state index is 11.1. The fourth-order valence-electron chi connectivity index (χ4n) is 1.34. The molecule has 0 saturated heterocycles. The standard InChI is InChI=1S/C10H15ClN2O2S/c1-7(2)4-8-5-9(11)13-10(12-8)6-16(3,14)15/h5,7H,4,6H2,1-3H3. The van der Waals surface area contributed by atoms with Crippen LogP contribution in [0.3, 0.4) is 0 Å². The molecule has 0 atom stereocenters. The normalized spacial score (nSPS) is 12.1. The lowest BCUT2D eigenvalue weighted by Crippen LogP contribution is -2.08. The van der Waals surface area contributed by atoms with Gasteiger partial charge in [0.05, 0.1) is 0 Å². The minimum absolute atomic E-state index is 0.168. The number of sulfone groups is 1. The molecule has 0 bridgehead atoms. The van der Waals surface area contributed by atoms with E-state index >= 15 is 0 Å². The molecule has 6 heteroatoms. The summed E-state index contributed by atoms with van der Waals surface area (Å²) in [6, 6.07) is 1.67. The molecule has 4 nitrogen and oxygen atoms in total. The first-order chi connectivity index (χ1) is 7.26. The van der Waals surface area contributed by atoms with Crippen LogP contribution in [0.4, 0.5) is 0 Å². The van der Waals surface area contributed by atoms with Gasteiger partial charge in [0.2, 0.25) is 0 Å². The highest BCUT2D eigenvalue weighted by atomic mass is 35.5. The van der Waals surface area contributed by atoms with Crippen molar-refractivity contribution in [3.8, 4) is 0 Å². The van der Waals surface area contributed by atoms with E-state index in [1.54, 1.807) is 6.07 Å². The summed E-state index contributed by atoms with van der Waals surface area (Å²) in [5.74, 6) is 0.543. The zero-order valence-corrected chi connectivity index (χ0v) is 11.1. The second-order valence-corrected chi connectivity index (χ2v) is 6.79. The molecule has 0 N–H and O–H groups in total. The number of nitrogens with zero attached hydrogens (tertiary/aromatic N) is 2. The Labute approximate surface area is 101 Å². The molecule has 1 aromatic rings. The third-order valence-corrected chi connectivity index (χ3v) is 2.78. The largest absolute Gasteiger partial charge is 0.237 e. The van der Waals surface area contributed by atoms with Gasteiger partial charge >= 0.3 is 0 Å². The van der Waals surface area contributed by atoms with Crippen molar-refractivity contribution in [3.63, 3.8) is 0 Å². The van der Waals surface area contributed by atoms with Gasteiger partial charge in [0, 0.05) is 11.9 Å². The topological polar surface area (TPSA) is 59.9 Å². The summed E-state index contributed by atoms with van der Waals surface area (Å²) in [5, 5.41) is 0.296. The monoisotopic (exact) mass is 262 g/mol. The maximum absolute atomic E-state index is 11.1. The smallest absolute Gasteiger partial charge is 0.154 e. The molecule has 0 radical (unpaired) electrons. The summed E-state index contributed by atoms with van der Waals surface area (Å²) < 4.78 is 22.2. The van der Waals surface area contributed by atoms with Gasteiger partial charge in [-0.15, -0.1) is 0 Å². The van der Waals surface area contributed by atoms with Crippen LogP contribution in [0.25, 0.3) is 0 Å². The van der Waals surface area contributed by atoms with Crippen molar-refractivity contribution in [1.29, 1.82) is 0 Å². The van der Waals surface area contributed by atoms with E-state index in [-0.39, 0.29) is 11.6 Å². The highest BCUT2D eigenvalue weighted by Gasteiger charge is 2.10. The van der Waals surface area contributed by atoms with Crippen LogP contribution in [0.15, 0.2) is 6.07 Å². The molecule has 90 valence electrons. The molecule has 1 heterocycles. The van der Waals surface area contributed by atoms with Crippen molar-refractivity contribution < 1.29 is 8.42 Å². The van der Waals surface area contributed by atoms with Crippen molar-refractivity contribution in [2.75, 3.05) is 6.26 Å². The van der Waals surface area contributed by atoms with Crippen molar-refractivity contribution >= 4 is 21.4 Å². The second kappa shape index (κ2) is 5.10. The number of rotatable bonds is 4. The molecule has 0 aliphatic carbocycles. The average Bonchev–Trinajstić information content (AvgIpc) is 1.96. The van der Waals surface area contributed by atoms with Crippen molar-refractivity contribution in [2.45, 2.75) is 26.0 Å². The number of hydrogen-bond acceptors (Lipinski definition) is 4. The Morgan fingerprint density at radius 3 is 2.50 bits per heavy atom. The Hall–Kier alpha value is -0.680. The highest BCUT2D eigenvalue weighted by Crippen LogP contribution is 2.12. The van der Waals surface area contributed by atoms with Crippen molar-refractivity contribution in [1.82, 2.24) is 9.97 Å². The molecule has 1 aromatic heterocycles. The first-order valence-electron chi connectivity index (χ1n) is 4.96. The lowest BCUT2D eigenvalue weighted by Gasteiger charge is -2.06. The molecule has 0 aromatic carbocycles. The van der Waals surface area contributed by atoms with Gasteiger partial charge in [-0.25, -0.2) is 18.4 Å².